The zero-order chi connectivity index (χ0) is 8.97. The Labute approximate surface area is 76.3 Å². The molecular formula is C10H22N2. The molecule has 0 amide bonds. The highest BCUT2D eigenvalue weighted by Crippen LogP contribution is 2.15. The molecule has 1 heterocycles. The van der Waals surface area contributed by atoms with Crippen molar-refractivity contribution in [2.24, 2.45) is 0 Å². The molecule has 0 aliphatic carbocycles. The molecule has 1 aliphatic rings. The number of hydrogen-bond donors (Lipinski definition) is 1. The van der Waals surface area contributed by atoms with Gasteiger partial charge in [0.05, 0.1) is 0 Å². The quantitative estimate of drug-likeness (QED) is 0.690. The van der Waals surface area contributed by atoms with Crippen molar-refractivity contribution in [2.45, 2.75) is 44.7 Å². The fraction of sp³-hybridized carbons (Fsp3) is 1.00. The van der Waals surface area contributed by atoms with Crippen molar-refractivity contribution in [3.8, 4) is 0 Å². The van der Waals surface area contributed by atoms with E-state index < -0.39 is 0 Å². The molecule has 1 aliphatic heterocycles. The molecule has 1 saturated heterocycles. The SMILES string of the molecule is CCC(C1CCCCN1)N(C)C. The fourth-order valence-corrected chi connectivity index (χ4v) is 2.22. The lowest BCUT2D eigenvalue weighted by atomic mass is 9.95. The van der Waals surface area contributed by atoms with Gasteiger partial charge in [-0.15, -0.1) is 0 Å². The highest BCUT2D eigenvalue weighted by molar-refractivity contribution is 4.83. The zero-order valence-corrected chi connectivity index (χ0v) is 8.64. The van der Waals surface area contributed by atoms with Crippen LogP contribution in [0.15, 0.2) is 0 Å². The number of hydrogen-bond acceptors (Lipinski definition) is 2. The van der Waals surface area contributed by atoms with Crippen LogP contribution in [0.5, 0.6) is 0 Å². The number of rotatable bonds is 3. The van der Waals surface area contributed by atoms with Crippen molar-refractivity contribution in [1.29, 1.82) is 0 Å². The smallest absolute Gasteiger partial charge is 0.0240 e. The molecule has 2 atom stereocenters. The van der Waals surface area contributed by atoms with E-state index in [4.69, 9.17) is 0 Å². The van der Waals surface area contributed by atoms with E-state index >= 15 is 0 Å². The summed E-state index contributed by atoms with van der Waals surface area (Å²) in [6.07, 6.45) is 5.38. The van der Waals surface area contributed by atoms with Gasteiger partial charge in [0.25, 0.3) is 0 Å². The Balaban J connectivity index is 2.40. The third kappa shape index (κ3) is 2.46. The molecule has 0 aromatic carbocycles. The molecule has 2 heteroatoms. The largest absolute Gasteiger partial charge is 0.312 e. The first-order valence-electron chi connectivity index (χ1n) is 5.15. The molecule has 2 nitrogen and oxygen atoms in total. The monoisotopic (exact) mass is 170 g/mol. The Morgan fingerprint density at radius 3 is 2.58 bits per heavy atom. The maximum atomic E-state index is 3.61. The van der Waals surface area contributed by atoms with Crippen LogP contribution in [0.3, 0.4) is 0 Å². The second-order valence-corrected chi connectivity index (χ2v) is 4.00. The summed E-state index contributed by atoms with van der Waals surface area (Å²) in [6.45, 7) is 3.50. The summed E-state index contributed by atoms with van der Waals surface area (Å²) < 4.78 is 0. The van der Waals surface area contributed by atoms with Crippen LogP contribution in [0.4, 0.5) is 0 Å². The molecule has 0 radical (unpaired) electrons. The van der Waals surface area contributed by atoms with E-state index in [1.807, 2.05) is 0 Å². The maximum Gasteiger partial charge on any atom is 0.0240 e. The Morgan fingerprint density at radius 2 is 2.17 bits per heavy atom. The molecule has 12 heavy (non-hydrogen) atoms. The van der Waals surface area contributed by atoms with E-state index in [9.17, 15) is 0 Å². The first-order valence-corrected chi connectivity index (χ1v) is 5.15. The van der Waals surface area contributed by atoms with Crippen molar-refractivity contribution in [1.82, 2.24) is 10.2 Å². The van der Waals surface area contributed by atoms with E-state index in [0.717, 1.165) is 12.1 Å². The van der Waals surface area contributed by atoms with Crippen molar-refractivity contribution < 1.29 is 0 Å². The van der Waals surface area contributed by atoms with Crippen LogP contribution >= 0.6 is 0 Å². The fourth-order valence-electron chi connectivity index (χ4n) is 2.22. The first-order chi connectivity index (χ1) is 5.75. The van der Waals surface area contributed by atoms with E-state index in [1.54, 1.807) is 0 Å². The molecule has 0 bridgehead atoms. The molecule has 72 valence electrons. The lowest BCUT2D eigenvalue weighted by molar-refractivity contribution is 0.198. The van der Waals surface area contributed by atoms with Gasteiger partial charge >= 0.3 is 0 Å². The van der Waals surface area contributed by atoms with Crippen LogP contribution in [0.2, 0.25) is 0 Å². The lowest BCUT2D eigenvalue weighted by Crippen LogP contribution is -2.49. The van der Waals surface area contributed by atoms with Crippen molar-refractivity contribution >= 4 is 0 Å². The summed E-state index contributed by atoms with van der Waals surface area (Å²) in [4.78, 5) is 2.35. The van der Waals surface area contributed by atoms with Gasteiger partial charge in [0.1, 0.15) is 0 Å². The predicted molar refractivity (Wildman–Crippen MR) is 53.4 cm³/mol. The van der Waals surface area contributed by atoms with E-state index in [2.05, 4.69) is 31.2 Å². The van der Waals surface area contributed by atoms with E-state index in [0.29, 0.717) is 0 Å². The molecule has 0 aromatic rings. The van der Waals surface area contributed by atoms with Crippen LogP contribution in [-0.4, -0.2) is 37.6 Å². The molecular weight excluding hydrogens is 148 g/mol. The Kier molecular flexibility index (Phi) is 4.02. The van der Waals surface area contributed by atoms with Gasteiger partial charge < -0.3 is 10.2 Å². The van der Waals surface area contributed by atoms with Crippen LogP contribution in [0.1, 0.15) is 32.6 Å². The van der Waals surface area contributed by atoms with E-state index in [-0.39, 0.29) is 0 Å². The van der Waals surface area contributed by atoms with Gasteiger partial charge in [0.15, 0.2) is 0 Å². The highest BCUT2D eigenvalue weighted by atomic mass is 15.1. The summed E-state index contributed by atoms with van der Waals surface area (Å²) in [5.41, 5.74) is 0. The van der Waals surface area contributed by atoms with Gasteiger partial charge in [-0.25, -0.2) is 0 Å². The topological polar surface area (TPSA) is 15.3 Å². The molecule has 1 N–H and O–H groups in total. The van der Waals surface area contributed by atoms with Gasteiger partial charge in [-0.3, -0.25) is 0 Å². The number of likely N-dealkylation sites (N-methyl/N-ethyl adjacent to an activating group) is 1. The van der Waals surface area contributed by atoms with Crippen LogP contribution in [0.25, 0.3) is 0 Å². The minimum atomic E-state index is 0.727. The Morgan fingerprint density at radius 1 is 1.42 bits per heavy atom. The van der Waals surface area contributed by atoms with Crippen LogP contribution in [0, 0.1) is 0 Å². The highest BCUT2D eigenvalue weighted by Gasteiger charge is 2.22. The van der Waals surface area contributed by atoms with Gasteiger partial charge in [-0.05, 0) is 39.9 Å². The van der Waals surface area contributed by atoms with E-state index in [1.165, 1.54) is 32.2 Å². The average molecular weight is 170 g/mol. The third-order valence-corrected chi connectivity index (χ3v) is 2.89. The van der Waals surface area contributed by atoms with Gasteiger partial charge in [0.2, 0.25) is 0 Å². The summed E-state index contributed by atoms with van der Waals surface area (Å²) in [7, 11) is 4.37. The van der Waals surface area contributed by atoms with Crippen LogP contribution < -0.4 is 5.32 Å². The van der Waals surface area contributed by atoms with Crippen molar-refractivity contribution in [2.75, 3.05) is 20.6 Å². The molecule has 0 spiro atoms. The number of nitrogens with zero attached hydrogens (tertiary/aromatic N) is 1. The molecule has 0 aromatic heterocycles. The van der Waals surface area contributed by atoms with Gasteiger partial charge in [-0.2, -0.15) is 0 Å². The Bertz CT molecular complexity index is 117. The first kappa shape index (κ1) is 10.0. The summed E-state index contributed by atoms with van der Waals surface area (Å²) in [5.74, 6) is 0. The lowest BCUT2D eigenvalue weighted by Gasteiger charge is -2.34. The standard InChI is InChI=1S/C10H22N2/c1-4-10(12(2)3)9-7-5-6-8-11-9/h9-11H,4-8H2,1-3H3. The third-order valence-electron chi connectivity index (χ3n) is 2.89. The summed E-state index contributed by atoms with van der Waals surface area (Å²) >= 11 is 0. The van der Waals surface area contributed by atoms with Gasteiger partial charge in [0, 0.05) is 12.1 Å². The summed E-state index contributed by atoms with van der Waals surface area (Å²) in [6, 6.07) is 1.46. The van der Waals surface area contributed by atoms with Crippen molar-refractivity contribution in [3.05, 3.63) is 0 Å². The second-order valence-electron chi connectivity index (χ2n) is 4.00. The molecule has 1 rings (SSSR count). The number of nitrogens with one attached hydrogen (secondary N) is 1. The van der Waals surface area contributed by atoms with Crippen molar-refractivity contribution in [3.63, 3.8) is 0 Å². The summed E-state index contributed by atoms with van der Waals surface area (Å²) in [5, 5.41) is 3.61. The van der Waals surface area contributed by atoms with Gasteiger partial charge in [-0.1, -0.05) is 13.3 Å². The molecule has 2 unspecified atom stereocenters. The van der Waals surface area contributed by atoms with Crippen LogP contribution in [-0.2, 0) is 0 Å². The number of piperidine rings is 1. The minimum Gasteiger partial charge on any atom is -0.312 e. The molecule has 0 saturated carbocycles. The maximum absolute atomic E-state index is 3.61. The second kappa shape index (κ2) is 4.83. The predicted octanol–water partition coefficient (Wildman–Crippen LogP) is 1.47. The molecule has 1 fully saturated rings. The average Bonchev–Trinajstić information content (AvgIpc) is 2.07. The Hall–Kier alpha value is -0.0800. The minimum absolute atomic E-state index is 0.727. The normalized spacial score (nSPS) is 27.5. The zero-order valence-electron chi connectivity index (χ0n) is 8.64.